The smallest absolute Gasteiger partial charge is 0.330 e. The van der Waals surface area contributed by atoms with Gasteiger partial charge in [0.15, 0.2) is 6.23 Å². The molecule has 0 saturated carbocycles. The molecule has 272 valence electrons. The van der Waals surface area contributed by atoms with Crippen molar-refractivity contribution < 1.29 is 28.8 Å². The van der Waals surface area contributed by atoms with Crippen LogP contribution in [-0.2, 0) is 18.6 Å². The molecule has 2 aliphatic rings. The normalized spacial score (nSPS) is 25.4. The molecular weight excluding hydrogens is 677 g/mol. The fourth-order valence-corrected chi connectivity index (χ4v) is 11.6. The Labute approximate surface area is 294 Å². The number of H-pyrrole nitrogens is 2. The van der Waals surface area contributed by atoms with E-state index in [1.54, 1.807) is 13.8 Å². The number of nitrogens with zero attached hydrogens (tertiary/aromatic N) is 2. The molecule has 7 atom stereocenters. The zero-order chi connectivity index (χ0) is 36.7. The topological polar surface area (TPSA) is 187 Å². The van der Waals surface area contributed by atoms with Crippen molar-refractivity contribution in [3.05, 3.63) is 126 Å². The van der Waals surface area contributed by atoms with Gasteiger partial charge in [0.25, 0.3) is 19.4 Å². The molecule has 6 rings (SSSR count). The van der Waals surface area contributed by atoms with Gasteiger partial charge in [-0.15, -0.1) is 0 Å². The van der Waals surface area contributed by atoms with Gasteiger partial charge in [-0.3, -0.25) is 28.7 Å². The van der Waals surface area contributed by atoms with Crippen LogP contribution in [0.15, 0.2) is 92.2 Å². The molecule has 0 spiro atoms. The van der Waals surface area contributed by atoms with Crippen molar-refractivity contribution in [2.24, 2.45) is 0 Å². The second kappa shape index (κ2) is 14.4. The first-order valence-corrected chi connectivity index (χ1v) is 18.8. The van der Waals surface area contributed by atoms with E-state index in [4.69, 9.17) is 18.6 Å². The van der Waals surface area contributed by atoms with Gasteiger partial charge in [-0.1, -0.05) is 81.4 Å². The number of aromatic amines is 2. The number of aliphatic hydroxyl groups is 2. The summed E-state index contributed by atoms with van der Waals surface area (Å²) in [5, 5.41) is 24.4. The van der Waals surface area contributed by atoms with E-state index in [1.165, 1.54) is 21.5 Å². The number of hydrogen-bond donors (Lipinski definition) is 4. The van der Waals surface area contributed by atoms with Crippen LogP contribution in [0.5, 0.6) is 0 Å². The van der Waals surface area contributed by atoms with E-state index in [0.717, 1.165) is 10.4 Å². The molecular formula is C36H44N4O10Si. The highest BCUT2D eigenvalue weighted by atomic mass is 28.4. The Morgan fingerprint density at radius 1 is 0.784 bits per heavy atom. The van der Waals surface area contributed by atoms with E-state index in [2.05, 4.69) is 55.0 Å². The molecule has 1 unspecified atom stereocenters. The predicted molar refractivity (Wildman–Crippen MR) is 190 cm³/mol. The van der Waals surface area contributed by atoms with Crippen LogP contribution in [0.2, 0.25) is 5.04 Å². The van der Waals surface area contributed by atoms with Crippen LogP contribution < -0.4 is 32.9 Å². The van der Waals surface area contributed by atoms with Gasteiger partial charge < -0.3 is 28.8 Å². The van der Waals surface area contributed by atoms with Crippen molar-refractivity contribution >= 4 is 18.7 Å². The van der Waals surface area contributed by atoms with Gasteiger partial charge in [0.2, 0.25) is 0 Å². The summed E-state index contributed by atoms with van der Waals surface area (Å²) in [6.07, 6.45) is -4.73. The van der Waals surface area contributed by atoms with Gasteiger partial charge in [0.1, 0.15) is 30.6 Å². The summed E-state index contributed by atoms with van der Waals surface area (Å²) in [4.78, 5) is 54.2. The Kier molecular flexibility index (Phi) is 10.3. The molecule has 4 aromatic rings. The number of benzene rings is 2. The van der Waals surface area contributed by atoms with Crippen LogP contribution in [-0.4, -0.2) is 81.4 Å². The van der Waals surface area contributed by atoms with E-state index in [0.29, 0.717) is 5.56 Å². The second-order valence-corrected chi connectivity index (χ2v) is 18.5. The Bertz CT molecular complexity index is 2030. The Balaban J connectivity index is 1.29. The largest absolute Gasteiger partial charge is 0.405 e. The lowest BCUT2D eigenvalue weighted by molar-refractivity contribution is -0.118. The van der Waals surface area contributed by atoms with E-state index in [9.17, 15) is 29.4 Å². The SMILES string of the molecule is Cc1cn([C@@H]2O[C@H](CO[Si](c3ccccc3)(c3ccccc3)C(C)(C)C)C(O)[C@@H]2OC[C@H]2O[C@@H](n3cc(C)c(=O)[nH]c3=O)C[C@H]2O)c(=O)[nH]c1=O. The predicted octanol–water partition coefficient (Wildman–Crippen LogP) is 0.572. The van der Waals surface area contributed by atoms with Crippen LogP contribution in [0.3, 0.4) is 0 Å². The minimum Gasteiger partial charge on any atom is -0.405 e. The monoisotopic (exact) mass is 720 g/mol. The zero-order valence-corrected chi connectivity index (χ0v) is 30.1. The summed E-state index contributed by atoms with van der Waals surface area (Å²) in [5.74, 6) is 0. The number of rotatable bonds is 10. The first-order chi connectivity index (χ1) is 24.2. The molecule has 15 heteroatoms. The quantitative estimate of drug-likeness (QED) is 0.169. The summed E-state index contributed by atoms with van der Waals surface area (Å²) in [7, 11) is -3.05. The lowest BCUT2D eigenvalue weighted by Gasteiger charge is -2.43. The molecule has 0 aliphatic carbocycles. The molecule has 4 heterocycles. The van der Waals surface area contributed by atoms with Crippen LogP contribution in [0.25, 0.3) is 0 Å². The molecule has 2 aromatic carbocycles. The first-order valence-electron chi connectivity index (χ1n) is 16.9. The Morgan fingerprint density at radius 2 is 1.31 bits per heavy atom. The van der Waals surface area contributed by atoms with E-state index in [-0.39, 0.29) is 30.2 Å². The van der Waals surface area contributed by atoms with Gasteiger partial charge in [0, 0.05) is 29.9 Å². The minimum atomic E-state index is -3.05. The summed E-state index contributed by atoms with van der Waals surface area (Å²) < 4.78 is 28.0. The maximum absolute atomic E-state index is 13.1. The van der Waals surface area contributed by atoms with Gasteiger partial charge in [0.05, 0.1) is 19.3 Å². The zero-order valence-electron chi connectivity index (χ0n) is 29.1. The fourth-order valence-electron chi connectivity index (χ4n) is 7.05. The Morgan fingerprint density at radius 3 is 1.86 bits per heavy atom. The molecule has 0 bridgehead atoms. The molecule has 2 saturated heterocycles. The summed E-state index contributed by atoms with van der Waals surface area (Å²) in [5.41, 5.74) is -1.96. The lowest BCUT2D eigenvalue weighted by Crippen LogP contribution is -2.67. The molecule has 0 radical (unpaired) electrons. The van der Waals surface area contributed by atoms with E-state index >= 15 is 0 Å². The number of aryl methyl sites for hydroxylation is 2. The van der Waals surface area contributed by atoms with Gasteiger partial charge in [-0.05, 0) is 29.3 Å². The highest BCUT2D eigenvalue weighted by Crippen LogP contribution is 2.39. The summed E-state index contributed by atoms with van der Waals surface area (Å²) in [6.45, 7) is 9.19. The molecule has 4 N–H and O–H groups in total. The molecule has 0 amide bonds. The third-order valence-corrected chi connectivity index (χ3v) is 14.7. The maximum atomic E-state index is 13.1. The van der Waals surface area contributed by atoms with Crippen molar-refractivity contribution in [3.63, 3.8) is 0 Å². The molecule has 2 aromatic heterocycles. The van der Waals surface area contributed by atoms with Crippen LogP contribution >= 0.6 is 0 Å². The second-order valence-electron chi connectivity index (χ2n) is 14.2. The lowest BCUT2D eigenvalue weighted by atomic mass is 10.1. The summed E-state index contributed by atoms with van der Waals surface area (Å²) >= 11 is 0. The average molecular weight is 721 g/mol. The van der Waals surface area contributed by atoms with Crippen molar-refractivity contribution in [2.75, 3.05) is 13.2 Å². The minimum absolute atomic E-state index is 0.0418. The van der Waals surface area contributed by atoms with Gasteiger partial charge in [-0.2, -0.15) is 0 Å². The number of ether oxygens (including phenoxy) is 3. The summed E-state index contributed by atoms with van der Waals surface area (Å²) in [6, 6.07) is 20.0. The van der Waals surface area contributed by atoms with E-state index < -0.39 is 73.8 Å². The standard InChI is InChI=1S/C36H44N4O10Si/c1-21-17-39(34(45)37-31(21)43)28-16-25(41)26(49-28)19-47-30-29(42)27(50-33(30)40-18-22(2)32(44)38-35(40)46)20-48-51(36(3,4)5,23-12-8-6-9-13-23)24-14-10-7-11-15-24/h6-15,17-18,25-30,33,41-42H,16,19-20H2,1-5H3,(H,37,43,45)(H,38,44,46)/t25-,26-,27-,28-,29?,30+,33-/m1/s1. The average Bonchev–Trinajstić information content (AvgIpc) is 3.61. The number of hydrogen-bond acceptors (Lipinski definition) is 10. The number of nitrogens with one attached hydrogen (secondary N) is 2. The molecule has 2 aliphatic heterocycles. The third-order valence-electron chi connectivity index (χ3n) is 9.73. The molecule has 51 heavy (non-hydrogen) atoms. The van der Waals surface area contributed by atoms with Crippen molar-refractivity contribution in [2.45, 2.75) is 89.1 Å². The number of aromatic nitrogens is 4. The van der Waals surface area contributed by atoms with Crippen LogP contribution in [0.1, 0.15) is 50.8 Å². The van der Waals surface area contributed by atoms with E-state index in [1.807, 2.05) is 36.4 Å². The third kappa shape index (κ3) is 7.02. The van der Waals surface area contributed by atoms with Crippen molar-refractivity contribution in [1.82, 2.24) is 19.1 Å². The first kappa shape index (κ1) is 36.6. The van der Waals surface area contributed by atoms with Crippen LogP contribution in [0.4, 0.5) is 0 Å². The van der Waals surface area contributed by atoms with Crippen molar-refractivity contribution in [1.29, 1.82) is 0 Å². The van der Waals surface area contributed by atoms with Crippen LogP contribution in [0, 0.1) is 13.8 Å². The molecule has 2 fully saturated rings. The number of aliphatic hydroxyl groups excluding tert-OH is 2. The van der Waals surface area contributed by atoms with Gasteiger partial charge in [-0.25, -0.2) is 9.59 Å². The fraction of sp³-hybridized carbons (Fsp3) is 0.444. The van der Waals surface area contributed by atoms with Gasteiger partial charge >= 0.3 is 11.4 Å². The maximum Gasteiger partial charge on any atom is 0.330 e. The molecule has 14 nitrogen and oxygen atoms in total. The highest BCUT2D eigenvalue weighted by molar-refractivity contribution is 6.99. The van der Waals surface area contributed by atoms with Crippen molar-refractivity contribution in [3.8, 4) is 0 Å². The highest BCUT2D eigenvalue weighted by Gasteiger charge is 2.53. The Hall–Kier alpha value is -4.22.